The second-order valence-electron chi connectivity index (χ2n) is 4.18. The Morgan fingerprint density at radius 1 is 1.16 bits per heavy atom. The van der Waals surface area contributed by atoms with E-state index in [2.05, 4.69) is 0 Å². The van der Waals surface area contributed by atoms with Crippen LogP contribution < -0.4 is 5.73 Å². The highest BCUT2D eigenvalue weighted by atomic mass is 35.5. The largest absolute Gasteiger partial charge is 0.330 e. The van der Waals surface area contributed by atoms with Crippen LogP contribution in [-0.4, -0.2) is 6.54 Å². The summed E-state index contributed by atoms with van der Waals surface area (Å²) in [5.74, 6) is 0.468. The highest BCUT2D eigenvalue weighted by Gasteiger charge is 2.06. The SMILES string of the molecule is NCCc1ccc(SCc2ccccc2Cl)c(F)c1. The van der Waals surface area contributed by atoms with Gasteiger partial charge in [-0.05, 0) is 42.3 Å². The summed E-state index contributed by atoms with van der Waals surface area (Å²) in [6, 6.07) is 12.9. The molecule has 0 unspecified atom stereocenters. The van der Waals surface area contributed by atoms with Gasteiger partial charge in [-0.1, -0.05) is 35.9 Å². The Labute approximate surface area is 122 Å². The standard InChI is InChI=1S/C15H15ClFNS/c16-13-4-2-1-3-12(13)10-19-15-6-5-11(7-8-18)9-14(15)17/h1-6,9H,7-8,10,18H2. The Kier molecular flexibility index (Phi) is 5.25. The van der Waals surface area contributed by atoms with Crippen LogP contribution in [0.2, 0.25) is 5.02 Å². The molecule has 0 aromatic heterocycles. The molecular formula is C15H15ClFNS. The van der Waals surface area contributed by atoms with Crippen LogP contribution in [0.4, 0.5) is 4.39 Å². The van der Waals surface area contributed by atoms with E-state index in [4.69, 9.17) is 17.3 Å². The van der Waals surface area contributed by atoms with Gasteiger partial charge in [-0.3, -0.25) is 0 Å². The fourth-order valence-corrected chi connectivity index (χ4v) is 2.96. The Balaban J connectivity index is 2.06. The van der Waals surface area contributed by atoms with E-state index in [0.29, 0.717) is 23.6 Å². The summed E-state index contributed by atoms with van der Waals surface area (Å²) in [4.78, 5) is 0.640. The van der Waals surface area contributed by atoms with Crippen LogP contribution in [0.3, 0.4) is 0 Å². The lowest BCUT2D eigenvalue weighted by Crippen LogP contribution is -2.02. The van der Waals surface area contributed by atoms with Crippen LogP contribution in [0.25, 0.3) is 0 Å². The summed E-state index contributed by atoms with van der Waals surface area (Å²) in [5.41, 5.74) is 7.40. The molecule has 0 heterocycles. The van der Waals surface area contributed by atoms with E-state index in [9.17, 15) is 4.39 Å². The summed E-state index contributed by atoms with van der Waals surface area (Å²) in [5, 5.41) is 0.718. The van der Waals surface area contributed by atoms with Gasteiger partial charge in [0.05, 0.1) is 0 Å². The van der Waals surface area contributed by atoms with E-state index < -0.39 is 0 Å². The van der Waals surface area contributed by atoms with Crippen LogP contribution in [-0.2, 0) is 12.2 Å². The van der Waals surface area contributed by atoms with Gasteiger partial charge >= 0.3 is 0 Å². The van der Waals surface area contributed by atoms with Crippen molar-refractivity contribution in [1.82, 2.24) is 0 Å². The molecule has 1 nitrogen and oxygen atoms in total. The molecule has 4 heteroatoms. The zero-order valence-corrected chi connectivity index (χ0v) is 12.0. The zero-order valence-electron chi connectivity index (χ0n) is 10.4. The van der Waals surface area contributed by atoms with Crippen molar-refractivity contribution < 1.29 is 4.39 Å². The second kappa shape index (κ2) is 6.94. The van der Waals surface area contributed by atoms with E-state index >= 15 is 0 Å². The number of hydrogen-bond acceptors (Lipinski definition) is 2. The van der Waals surface area contributed by atoms with Crippen molar-refractivity contribution in [2.45, 2.75) is 17.1 Å². The number of thioether (sulfide) groups is 1. The molecule has 0 saturated heterocycles. The van der Waals surface area contributed by atoms with Crippen LogP contribution in [0.15, 0.2) is 47.4 Å². The van der Waals surface area contributed by atoms with Crippen molar-refractivity contribution in [3.05, 3.63) is 64.4 Å². The molecule has 0 amide bonds. The van der Waals surface area contributed by atoms with E-state index in [0.717, 1.165) is 16.1 Å². The first-order valence-electron chi connectivity index (χ1n) is 6.05. The lowest BCUT2D eigenvalue weighted by molar-refractivity contribution is 0.599. The molecule has 100 valence electrons. The van der Waals surface area contributed by atoms with Gasteiger partial charge < -0.3 is 5.73 Å². The van der Waals surface area contributed by atoms with Crippen molar-refractivity contribution in [1.29, 1.82) is 0 Å². The molecule has 2 aromatic rings. The summed E-state index contributed by atoms with van der Waals surface area (Å²) >= 11 is 7.53. The molecular weight excluding hydrogens is 281 g/mol. The molecule has 0 bridgehead atoms. The quantitative estimate of drug-likeness (QED) is 0.834. The first kappa shape index (κ1) is 14.4. The Morgan fingerprint density at radius 3 is 2.63 bits per heavy atom. The molecule has 0 saturated carbocycles. The Morgan fingerprint density at radius 2 is 1.95 bits per heavy atom. The van der Waals surface area contributed by atoms with Crippen LogP contribution in [0.1, 0.15) is 11.1 Å². The van der Waals surface area contributed by atoms with Gasteiger partial charge in [0.1, 0.15) is 5.82 Å². The molecule has 2 aromatic carbocycles. The molecule has 0 aliphatic rings. The summed E-state index contributed by atoms with van der Waals surface area (Å²) < 4.78 is 13.9. The highest BCUT2D eigenvalue weighted by Crippen LogP contribution is 2.28. The minimum Gasteiger partial charge on any atom is -0.330 e. The monoisotopic (exact) mass is 295 g/mol. The van der Waals surface area contributed by atoms with Crippen molar-refractivity contribution in [3.63, 3.8) is 0 Å². The summed E-state index contributed by atoms with van der Waals surface area (Å²) in [6.45, 7) is 0.533. The van der Waals surface area contributed by atoms with Gasteiger partial charge in [0.2, 0.25) is 0 Å². The third-order valence-electron chi connectivity index (χ3n) is 2.77. The molecule has 0 fully saturated rings. The average molecular weight is 296 g/mol. The fraction of sp³-hybridized carbons (Fsp3) is 0.200. The van der Waals surface area contributed by atoms with Crippen LogP contribution in [0, 0.1) is 5.82 Å². The van der Waals surface area contributed by atoms with E-state index in [1.54, 1.807) is 6.07 Å². The van der Waals surface area contributed by atoms with Gasteiger partial charge in [-0.2, -0.15) is 0 Å². The molecule has 0 spiro atoms. The predicted molar refractivity (Wildman–Crippen MR) is 80.2 cm³/mol. The number of benzene rings is 2. The minimum absolute atomic E-state index is 0.192. The van der Waals surface area contributed by atoms with E-state index in [1.807, 2.05) is 36.4 Å². The lowest BCUT2D eigenvalue weighted by Gasteiger charge is -2.07. The molecule has 0 atom stereocenters. The third-order valence-corrected chi connectivity index (χ3v) is 4.24. The lowest BCUT2D eigenvalue weighted by atomic mass is 10.1. The first-order chi connectivity index (χ1) is 9.20. The Bertz CT molecular complexity index is 560. The fourth-order valence-electron chi connectivity index (χ4n) is 1.75. The van der Waals surface area contributed by atoms with Gasteiger partial charge in [0.15, 0.2) is 0 Å². The molecule has 0 radical (unpaired) electrons. The number of hydrogen-bond donors (Lipinski definition) is 1. The topological polar surface area (TPSA) is 26.0 Å². The highest BCUT2D eigenvalue weighted by molar-refractivity contribution is 7.98. The van der Waals surface area contributed by atoms with Crippen LogP contribution >= 0.6 is 23.4 Å². The summed E-state index contributed by atoms with van der Waals surface area (Å²) in [6.07, 6.45) is 0.701. The van der Waals surface area contributed by atoms with Gasteiger partial charge in [0, 0.05) is 15.7 Å². The minimum atomic E-state index is -0.192. The van der Waals surface area contributed by atoms with Gasteiger partial charge in [-0.15, -0.1) is 11.8 Å². The third kappa shape index (κ3) is 3.96. The van der Waals surface area contributed by atoms with E-state index in [1.165, 1.54) is 11.8 Å². The van der Waals surface area contributed by atoms with Crippen molar-refractivity contribution >= 4 is 23.4 Å². The normalized spacial score (nSPS) is 10.7. The van der Waals surface area contributed by atoms with Gasteiger partial charge in [0.25, 0.3) is 0 Å². The zero-order chi connectivity index (χ0) is 13.7. The maximum atomic E-state index is 13.9. The van der Waals surface area contributed by atoms with Crippen LogP contribution in [0.5, 0.6) is 0 Å². The number of halogens is 2. The number of rotatable bonds is 5. The Hall–Kier alpha value is -1.03. The first-order valence-corrected chi connectivity index (χ1v) is 7.42. The molecule has 2 rings (SSSR count). The molecule has 0 aliphatic carbocycles. The van der Waals surface area contributed by atoms with E-state index in [-0.39, 0.29) is 5.82 Å². The maximum absolute atomic E-state index is 13.9. The maximum Gasteiger partial charge on any atom is 0.137 e. The van der Waals surface area contributed by atoms with Crippen molar-refractivity contribution in [2.24, 2.45) is 5.73 Å². The second-order valence-corrected chi connectivity index (χ2v) is 5.61. The predicted octanol–water partition coefficient (Wildman–Crippen LogP) is 4.27. The molecule has 0 aliphatic heterocycles. The summed E-state index contributed by atoms with van der Waals surface area (Å²) in [7, 11) is 0. The molecule has 2 N–H and O–H groups in total. The average Bonchev–Trinajstić information content (AvgIpc) is 2.40. The smallest absolute Gasteiger partial charge is 0.137 e. The van der Waals surface area contributed by atoms with Crippen molar-refractivity contribution in [3.8, 4) is 0 Å². The molecule has 19 heavy (non-hydrogen) atoms. The van der Waals surface area contributed by atoms with Crippen molar-refractivity contribution in [2.75, 3.05) is 6.54 Å². The van der Waals surface area contributed by atoms with Gasteiger partial charge in [-0.25, -0.2) is 4.39 Å². The number of nitrogens with two attached hydrogens (primary N) is 1.